The smallest absolute Gasteiger partial charge is 0.416 e. The molecule has 0 saturated carbocycles. The monoisotopic (exact) mass is 554 g/mol. The summed E-state index contributed by atoms with van der Waals surface area (Å²) in [5.41, 5.74) is 3.19. The molecule has 0 spiro atoms. The third-order valence-corrected chi connectivity index (χ3v) is 6.70. The molecule has 1 aliphatic rings. The van der Waals surface area contributed by atoms with Gasteiger partial charge >= 0.3 is 6.18 Å². The van der Waals surface area contributed by atoms with Crippen LogP contribution >= 0.6 is 0 Å². The number of nitrogens with one attached hydrogen (secondary N) is 1. The van der Waals surface area contributed by atoms with Crippen LogP contribution in [-0.4, -0.2) is 38.0 Å². The van der Waals surface area contributed by atoms with Gasteiger partial charge in [-0.15, -0.1) is 0 Å². The van der Waals surface area contributed by atoms with Gasteiger partial charge < -0.3 is 19.6 Å². The first-order valence-electron chi connectivity index (χ1n) is 13.2. The van der Waals surface area contributed by atoms with E-state index >= 15 is 0 Å². The van der Waals surface area contributed by atoms with Crippen LogP contribution in [0.1, 0.15) is 40.7 Å². The van der Waals surface area contributed by atoms with E-state index in [0.717, 1.165) is 54.9 Å². The van der Waals surface area contributed by atoms with E-state index in [1.807, 2.05) is 49.4 Å². The first kappa shape index (κ1) is 29.1. The number of oxime groups is 1. The Bertz CT molecular complexity index is 1270. The zero-order chi connectivity index (χ0) is 28.4. The zero-order valence-electron chi connectivity index (χ0n) is 22.4. The van der Waals surface area contributed by atoms with Gasteiger partial charge in [0.2, 0.25) is 0 Å². The van der Waals surface area contributed by atoms with Crippen LogP contribution in [-0.2, 0) is 33.6 Å². The maximum atomic E-state index is 12.8. The van der Waals surface area contributed by atoms with E-state index in [1.54, 1.807) is 6.07 Å². The molecule has 1 amide bonds. The molecule has 40 heavy (non-hydrogen) atoms. The number of alkyl halides is 3. The van der Waals surface area contributed by atoms with Crippen LogP contribution in [0, 0.1) is 12.8 Å². The predicted molar refractivity (Wildman–Crippen MR) is 146 cm³/mol. The fourth-order valence-electron chi connectivity index (χ4n) is 4.34. The minimum atomic E-state index is -4.39. The average Bonchev–Trinajstić information content (AvgIpc) is 2.96. The summed E-state index contributed by atoms with van der Waals surface area (Å²) in [6.45, 7) is 3.93. The SMILES string of the molecule is Cc1cc(C(Cc2ccccc2)=NOCc2ccc(C(F)(F)F)cc2)ccc1OCC(=O)NCC1CCOCC1. The van der Waals surface area contributed by atoms with Crippen LogP contribution in [0.15, 0.2) is 78.0 Å². The Morgan fingerprint density at radius 1 is 1.00 bits per heavy atom. The molecule has 1 aliphatic heterocycles. The van der Waals surface area contributed by atoms with Crippen LogP contribution in [0.2, 0.25) is 0 Å². The third-order valence-electron chi connectivity index (χ3n) is 6.70. The lowest BCUT2D eigenvalue weighted by Gasteiger charge is -2.22. The molecule has 1 heterocycles. The quantitative estimate of drug-likeness (QED) is 0.230. The molecule has 1 N–H and O–H groups in total. The standard InChI is InChI=1S/C31H33F3N2O4/c1-22-17-26(9-12-29(22)39-21-30(37)35-19-24-13-15-38-16-14-24)28(18-23-5-3-2-4-6-23)36-40-20-25-7-10-27(11-8-25)31(32,33)34/h2-12,17,24H,13-16,18-21H2,1H3,(H,35,37). The summed E-state index contributed by atoms with van der Waals surface area (Å²) >= 11 is 0. The molecular weight excluding hydrogens is 521 g/mol. The zero-order valence-corrected chi connectivity index (χ0v) is 22.4. The second kappa shape index (κ2) is 14.0. The van der Waals surface area contributed by atoms with Crippen molar-refractivity contribution in [1.29, 1.82) is 0 Å². The third kappa shape index (κ3) is 8.84. The van der Waals surface area contributed by atoms with Crippen molar-refractivity contribution in [3.8, 4) is 5.75 Å². The number of carbonyl (C=O) groups excluding carboxylic acids is 1. The van der Waals surface area contributed by atoms with Crippen molar-refractivity contribution in [3.05, 3.63) is 101 Å². The van der Waals surface area contributed by atoms with E-state index < -0.39 is 11.7 Å². The number of hydrogen-bond donors (Lipinski definition) is 1. The summed E-state index contributed by atoms with van der Waals surface area (Å²) in [5, 5.41) is 7.29. The van der Waals surface area contributed by atoms with Gasteiger partial charge in [0.05, 0.1) is 11.3 Å². The topological polar surface area (TPSA) is 69.2 Å². The molecular formula is C31H33F3N2O4. The van der Waals surface area contributed by atoms with E-state index in [2.05, 4.69) is 10.5 Å². The molecule has 3 aromatic rings. The molecule has 3 aromatic carbocycles. The fourth-order valence-corrected chi connectivity index (χ4v) is 4.34. The first-order valence-corrected chi connectivity index (χ1v) is 13.2. The average molecular weight is 555 g/mol. The molecule has 212 valence electrons. The number of benzene rings is 3. The van der Waals surface area contributed by atoms with Crippen LogP contribution in [0.5, 0.6) is 5.75 Å². The number of rotatable bonds is 11. The lowest BCUT2D eigenvalue weighted by Crippen LogP contribution is -2.35. The van der Waals surface area contributed by atoms with Crippen molar-refractivity contribution in [3.63, 3.8) is 0 Å². The van der Waals surface area contributed by atoms with Crippen molar-refractivity contribution in [2.24, 2.45) is 11.1 Å². The summed E-state index contributed by atoms with van der Waals surface area (Å²) < 4.78 is 49.6. The highest BCUT2D eigenvalue weighted by Gasteiger charge is 2.29. The number of ether oxygens (including phenoxy) is 2. The molecule has 0 aromatic heterocycles. The van der Waals surface area contributed by atoms with Gasteiger partial charge in [0.1, 0.15) is 12.4 Å². The predicted octanol–water partition coefficient (Wildman–Crippen LogP) is 6.10. The van der Waals surface area contributed by atoms with Crippen molar-refractivity contribution < 1.29 is 32.3 Å². The Morgan fingerprint density at radius 2 is 1.73 bits per heavy atom. The normalized spacial score (nSPS) is 14.6. The maximum absolute atomic E-state index is 12.8. The molecule has 9 heteroatoms. The largest absolute Gasteiger partial charge is 0.484 e. The highest BCUT2D eigenvalue weighted by Crippen LogP contribution is 2.29. The highest BCUT2D eigenvalue weighted by atomic mass is 19.4. The highest BCUT2D eigenvalue weighted by molar-refractivity contribution is 6.01. The Morgan fingerprint density at radius 3 is 2.40 bits per heavy atom. The molecule has 1 saturated heterocycles. The van der Waals surface area contributed by atoms with Gasteiger partial charge in [-0.05, 0) is 72.7 Å². The van der Waals surface area contributed by atoms with Crippen molar-refractivity contribution in [2.45, 2.75) is 39.0 Å². The molecule has 4 rings (SSSR count). The van der Waals surface area contributed by atoms with Crippen molar-refractivity contribution in [1.82, 2.24) is 5.32 Å². The van der Waals surface area contributed by atoms with E-state index in [1.165, 1.54) is 12.1 Å². The lowest BCUT2D eigenvalue weighted by molar-refractivity contribution is -0.137. The van der Waals surface area contributed by atoms with Crippen molar-refractivity contribution >= 4 is 11.6 Å². The van der Waals surface area contributed by atoms with E-state index in [4.69, 9.17) is 14.3 Å². The van der Waals surface area contributed by atoms with Gasteiger partial charge in [0, 0.05) is 31.7 Å². The van der Waals surface area contributed by atoms with Gasteiger partial charge in [-0.1, -0.05) is 47.6 Å². The van der Waals surface area contributed by atoms with E-state index in [0.29, 0.717) is 35.9 Å². The summed E-state index contributed by atoms with van der Waals surface area (Å²) in [7, 11) is 0. The van der Waals surface area contributed by atoms with Gasteiger partial charge in [0.25, 0.3) is 5.91 Å². The van der Waals surface area contributed by atoms with Gasteiger partial charge in [0.15, 0.2) is 6.61 Å². The first-order chi connectivity index (χ1) is 19.3. The summed E-state index contributed by atoms with van der Waals surface area (Å²) in [6, 6.07) is 20.1. The maximum Gasteiger partial charge on any atom is 0.416 e. The number of halogens is 3. The van der Waals surface area contributed by atoms with Gasteiger partial charge in [-0.25, -0.2) is 0 Å². The molecule has 6 nitrogen and oxygen atoms in total. The Balaban J connectivity index is 1.39. The number of hydrogen-bond acceptors (Lipinski definition) is 5. The lowest BCUT2D eigenvalue weighted by atomic mass is 10.0. The summed E-state index contributed by atoms with van der Waals surface area (Å²) in [5.74, 6) is 0.857. The van der Waals surface area contributed by atoms with Gasteiger partial charge in [-0.3, -0.25) is 4.79 Å². The number of amides is 1. The second-order valence-corrected chi connectivity index (χ2v) is 9.80. The molecule has 0 aliphatic carbocycles. The van der Waals surface area contributed by atoms with Crippen molar-refractivity contribution in [2.75, 3.05) is 26.4 Å². The van der Waals surface area contributed by atoms with Gasteiger partial charge in [-0.2, -0.15) is 13.2 Å². The minimum Gasteiger partial charge on any atom is -0.484 e. The Kier molecular flexibility index (Phi) is 10.2. The van der Waals surface area contributed by atoms with Crippen LogP contribution < -0.4 is 10.1 Å². The Labute approximate surface area is 232 Å². The fraction of sp³-hybridized carbons (Fsp3) is 0.355. The minimum absolute atomic E-state index is 0.0274. The molecule has 0 atom stereocenters. The van der Waals surface area contributed by atoms with Crippen LogP contribution in [0.3, 0.4) is 0 Å². The summed E-state index contributed by atoms with van der Waals surface area (Å²) in [6.07, 6.45) is -2.00. The number of nitrogens with zero attached hydrogens (tertiary/aromatic N) is 1. The van der Waals surface area contributed by atoms with E-state index in [-0.39, 0.29) is 19.1 Å². The van der Waals surface area contributed by atoms with Crippen LogP contribution in [0.4, 0.5) is 13.2 Å². The Hall–Kier alpha value is -3.85. The number of aryl methyl sites for hydroxylation is 1. The van der Waals surface area contributed by atoms with E-state index in [9.17, 15) is 18.0 Å². The molecule has 0 bridgehead atoms. The molecule has 0 radical (unpaired) electrons. The second-order valence-electron chi connectivity index (χ2n) is 9.80. The summed E-state index contributed by atoms with van der Waals surface area (Å²) in [4.78, 5) is 17.9. The van der Waals surface area contributed by atoms with Crippen LogP contribution in [0.25, 0.3) is 0 Å². The number of carbonyl (C=O) groups is 1. The molecule has 1 fully saturated rings. The molecule has 0 unspecified atom stereocenters.